The third kappa shape index (κ3) is 3.60. The average molecular weight is 343 g/mol. The van der Waals surface area contributed by atoms with Crippen molar-refractivity contribution in [3.05, 3.63) is 30.2 Å². The van der Waals surface area contributed by atoms with Gasteiger partial charge in [-0.2, -0.15) is 13.2 Å². The number of alkyl halides is 3. The summed E-state index contributed by atoms with van der Waals surface area (Å²) in [5, 5.41) is 0. The van der Waals surface area contributed by atoms with E-state index in [0.717, 1.165) is 18.9 Å². The molecule has 1 fully saturated rings. The van der Waals surface area contributed by atoms with Gasteiger partial charge in [0.1, 0.15) is 12.1 Å². The quantitative estimate of drug-likeness (QED) is 0.342. The third-order valence-corrected chi connectivity index (χ3v) is 3.98. The van der Waals surface area contributed by atoms with Crippen molar-refractivity contribution < 1.29 is 13.2 Å². The molecule has 3 heterocycles. The Labute approximate surface area is 136 Å². The van der Waals surface area contributed by atoms with Crippen LogP contribution in [0.2, 0.25) is 0 Å². The molecule has 132 valence electrons. The Morgan fingerprint density at radius 3 is 2.62 bits per heavy atom. The molecule has 7 nitrogen and oxygen atoms in total. The van der Waals surface area contributed by atoms with Crippen LogP contribution >= 0.6 is 0 Å². The molecule has 2 aromatic heterocycles. The van der Waals surface area contributed by atoms with E-state index in [4.69, 9.17) is 5.84 Å². The molecule has 0 atom stereocenters. The van der Waals surface area contributed by atoms with Crippen molar-refractivity contribution in [3.8, 4) is 0 Å². The maximum Gasteiger partial charge on any atom is 0.416 e. The van der Waals surface area contributed by atoms with Gasteiger partial charge >= 0.3 is 6.18 Å². The van der Waals surface area contributed by atoms with E-state index in [0.29, 0.717) is 24.4 Å². The minimum absolute atomic E-state index is 0. The lowest BCUT2D eigenvalue weighted by molar-refractivity contribution is -0.137. The van der Waals surface area contributed by atoms with Crippen LogP contribution < -0.4 is 22.3 Å². The van der Waals surface area contributed by atoms with Crippen LogP contribution in [0.5, 0.6) is 0 Å². The fourth-order valence-corrected chi connectivity index (χ4v) is 2.81. The topological polar surface area (TPSA) is 106 Å². The summed E-state index contributed by atoms with van der Waals surface area (Å²) in [4.78, 5) is 10.1. The lowest BCUT2D eigenvalue weighted by Crippen LogP contribution is -2.37. The number of imidazole rings is 1. The Kier molecular flexibility index (Phi) is 5.30. The lowest BCUT2D eigenvalue weighted by atomic mass is 10.1. The normalized spacial score (nSPS) is 16.6. The number of piperidine rings is 1. The second-order valence-corrected chi connectivity index (χ2v) is 5.45. The van der Waals surface area contributed by atoms with Crippen LogP contribution in [0, 0.1) is 0 Å². The fraction of sp³-hybridized carbons (Fsp3) is 0.429. The number of nitrogens with two attached hydrogens (primary N) is 1. The van der Waals surface area contributed by atoms with Crippen molar-refractivity contribution in [1.29, 1.82) is 0 Å². The maximum atomic E-state index is 13.1. The average Bonchev–Trinajstić information content (AvgIpc) is 3.00. The van der Waals surface area contributed by atoms with Crippen LogP contribution in [0.1, 0.15) is 18.4 Å². The molecule has 0 aromatic carbocycles. The molecule has 0 aliphatic carbocycles. The zero-order chi connectivity index (χ0) is 16.4. The fourth-order valence-electron chi connectivity index (χ4n) is 2.81. The van der Waals surface area contributed by atoms with Crippen LogP contribution in [0.4, 0.5) is 19.0 Å². The Bertz CT molecular complexity index is 702. The number of anilines is 1. The highest BCUT2D eigenvalue weighted by Crippen LogP contribution is 2.34. The second-order valence-electron chi connectivity index (χ2n) is 5.45. The molecule has 1 aliphatic rings. The minimum atomic E-state index is -4.38. The largest absolute Gasteiger partial charge is 0.416 e. The van der Waals surface area contributed by atoms with Gasteiger partial charge in [-0.25, -0.2) is 10.8 Å². The van der Waals surface area contributed by atoms with Gasteiger partial charge < -0.3 is 16.5 Å². The summed E-state index contributed by atoms with van der Waals surface area (Å²) < 4.78 is 40.9. The number of hydrogen-bond acceptors (Lipinski definition) is 5. The molecular formula is C14H20F3N7. The van der Waals surface area contributed by atoms with Crippen LogP contribution in [0.25, 0.3) is 5.52 Å². The van der Waals surface area contributed by atoms with E-state index >= 15 is 0 Å². The summed E-state index contributed by atoms with van der Waals surface area (Å²) >= 11 is 0. The van der Waals surface area contributed by atoms with Crippen molar-refractivity contribution in [2.75, 3.05) is 18.0 Å². The van der Waals surface area contributed by atoms with Crippen LogP contribution in [-0.2, 0) is 6.18 Å². The van der Waals surface area contributed by atoms with Crippen LogP contribution in [0.15, 0.2) is 29.6 Å². The molecule has 1 aliphatic heterocycles. The molecule has 6 N–H and O–H groups in total. The van der Waals surface area contributed by atoms with E-state index in [1.165, 1.54) is 24.9 Å². The van der Waals surface area contributed by atoms with Crippen molar-refractivity contribution >= 4 is 17.7 Å². The van der Waals surface area contributed by atoms with E-state index in [-0.39, 0.29) is 12.2 Å². The van der Waals surface area contributed by atoms with Crippen molar-refractivity contribution in [2.24, 2.45) is 10.8 Å². The molecule has 0 spiro atoms. The number of aliphatic imine (C=N–C) groups is 1. The van der Waals surface area contributed by atoms with Crippen molar-refractivity contribution in [1.82, 2.24) is 21.0 Å². The molecule has 2 aromatic rings. The molecule has 1 saturated heterocycles. The summed E-state index contributed by atoms with van der Waals surface area (Å²) in [6.45, 7) is 1.25. The predicted molar refractivity (Wildman–Crippen MR) is 86.3 cm³/mol. The summed E-state index contributed by atoms with van der Waals surface area (Å²) in [6.07, 6.45) is 1.54. The number of pyridine rings is 1. The summed E-state index contributed by atoms with van der Waals surface area (Å²) in [6, 6.07) is 2.42. The number of aromatic nitrogens is 2. The van der Waals surface area contributed by atoms with Crippen molar-refractivity contribution in [3.63, 3.8) is 0 Å². The van der Waals surface area contributed by atoms with E-state index in [2.05, 4.69) is 15.4 Å². The van der Waals surface area contributed by atoms with Gasteiger partial charge in [-0.15, -0.1) is 0 Å². The summed E-state index contributed by atoms with van der Waals surface area (Å²) in [5.41, 5.74) is 2.13. The molecule has 10 heteroatoms. The van der Waals surface area contributed by atoms with Gasteiger partial charge in [-0.1, -0.05) is 0 Å². The van der Waals surface area contributed by atoms with Gasteiger partial charge in [0.15, 0.2) is 0 Å². The van der Waals surface area contributed by atoms with Gasteiger partial charge in [0.2, 0.25) is 0 Å². The van der Waals surface area contributed by atoms with E-state index in [1.54, 1.807) is 4.40 Å². The van der Waals surface area contributed by atoms with E-state index < -0.39 is 11.7 Å². The predicted octanol–water partition coefficient (Wildman–Crippen LogP) is 1.98. The van der Waals surface area contributed by atoms with Crippen LogP contribution in [-0.4, -0.2) is 34.9 Å². The lowest BCUT2D eigenvalue weighted by Gasteiger charge is -2.32. The number of hydrogen-bond donors (Lipinski definition) is 3. The minimum Gasteiger partial charge on any atom is -0.358 e. The maximum absolute atomic E-state index is 13.1. The molecule has 0 radical (unpaired) electrons. The first-order valence-corrected chi connectivity index (χ1v) is 7.25. The molecule has 0 amide bonds. The van der Waals surface area contributed by atoms with Gasteiger partial charge in [-0.05, 0) is 25.0 Å². The highest BCUT2D eigenvalue weighted by molar-refractivity contribution is 5.58. The standard InChI is InChI=1S/C14H17F3N6.H3N/c15-14(16,17)10-5-12-7-19-9-23(12)13(6-10)22-3-1-11(2-4-22)20-8-21-18;/h5-9,11H,1-4,18H2,(H,20,21);1H3. The molecule has 0 saturated carbocycles. The first-order chi connectivity index (χ1) is 11.0. The first kappa shape index (κ1) is 18.0. The monoisotopic (exact) mass is 343 g/mol. The van der Waals surface area contributed by atoms with Crippen LogP contribution in [0.3, 0.4) is 0 Å². The number of fused-ring (bicyclic) bond motifs is 1. The zero-order valence-electron chi connectivity index (χ0n) is 13.0. The number of hydrazine groups is 1. The number of halogens is 3. The molecule has 0 bridgehead atoms. The zero-order valence-corrected chi connectivity index (χ0v) is 13.0. The molecule has 0 unspecified atom stereocenters. The Morgan fingerprint density at radius 2 is 2.00 bits per heavy atom. The molecule has 3 rings (SSSR count). The second kappa shape index (κ2) is 7.05. The summed E-state index contributed by atoms with van der Waals surface area (Å²) in [5.74, 6) is 5.65. The van der Waals surface area contributed by atoms with Gasteiger partial charge in [0, 0.05) is 13.1 Å². The molecule has 24 heavy (non-hydrogen) atoms. The smallest absolute Gasteiger partial charge is 0.358 e. The number of nitrogens with one attached hydrogen (secondary N) is 1. The highest BCUT2D eigenvalue weighted by atomic mass is 19.4. The third-order valence-electron chi connectivity index (χ3n) is 3.98. The highest BCUT2D eigenvalue weighted by Gasteiger charge is 2.32. The Hall–Kier alpha value is -2.33. The Morgan fingerprint density at radius 1 is 1.29 bits per heavy atom. The summed E-state index contributed by atoms with van der Waals surface area (Å²) in [7, 11) is 0. The number of nitrogens with zero attached hydrogens (tertiary/aromatic N) is 4. The first-order valence-electron chi connectivity index (χ1n) is 7.25. The SMILES string of the molecule is N.NNC=NC1CCN(c2cc(C(F)(F)F)cc3cncn23)CC1. The van der Waals surface area contributed by atoms with Crippen molar-refractivity contribution in [2.45, 2.75) is 25.1 Å². The van der Waals surface area contributed by atoms with E-state index in [1.807, 2.05) is 4.90 Å². The van der Waals surface area contributed by atoms with Gasteiger partial charge in [-0.3, -0.25) is 9.39 Å². The molecular weight excluding hydrogens is 323 g/mol. The van der Waals surface area contributed by atoms with E-state index in [9.17, 15) is 13.2 Å². The van der Waals surface area contributed by atoms with Gasteiger partial charge in [0.25, 0.3) is 0 Å². The number of rotatable bonds is 3. The Balaban J connectivity index is 0.00000208. The van der Waals surface area contributed by atoms with Gasteiger partial charge in [0.05, 0.1) is 29.7 Å².